The molecule has 0 unspecified atom stereocenters. The predicted molar refractivity (Wildman–Crippen MR) is 69.6 cm³/mol. The van der Waals surface area contributed by atoms with E-state index < -0.39 is 0 Å². The van der Waals surface area contributed by atoms with E-state index in [1.165, 1.54) is 5.57 Å². The second-order valence-electron chi connectivity index (χ2n) is 4.64. The molecule has 1 fully saturated rings. The Balaban J connectivity index is 1.82. The number of hydrogen-bond donors (Lipinski definition) is 1. The first kappa shape index (κ1) is 11.7. The van der Waals surface area contributed by atoms with Crippen molar-refractivity contribution in [2.45, 2.75) is 18.9 Å². The van der Waals surface area contributed by atoms with E-state index in [-0.39, 0.29) is 6.10 Å². The first-order chi connectivity index (χ1) is 8.93. The van der Waals surface area contributed by atoms with Crippen LogP contribution in [-0.4, -0.2) is 37.4 Å². The molecule has 1 aromatic heterocycles. The van der Waals surface area contributed by atoms with Gasteiger partial charge in [0.2, 0.25) is 5.88 Å². The molecule has 0 aromatic carbocycles. The fourth-order valence-corrected chi connectivity index (χ4v) is 2.39. The zero-order valence-corrected chi connectivity index (χ0v) is 10.4. The van der Waals surface area contributed by atoms with Gasteiger partial charge in [-0.15, -0.1) is 0 Å². The standard InChI is InChI=1S/C14H18N2O2/c1-2-13(11-4-8-17-9-5-11)14(16-6-1)18-12-3-7-15-10-12/h1-2,4,6,12,15H,3,5,7-10H2/t12-/m0/s1. The lowest BCUT2D eigenvalue weighted by Gasteiger charge is -2.18. The van der Waals surface area contributed by atoms with Crippen LogP contribution in [0.2, 0.25) is 0 Å². The van der Waals surface area contributed by atoms with Gasteiger partial charge in [-0.25, -0.2) is 4.98 Å². The molecule has 0 aliphatic carbocycles. The molecule has 1 saturated heterocycles. The zero-order chi connectivity index (χ0) is 12.2. The maximum atomic E-state index is 6.00. The maximum absolute atomic E-state index is 6.00. The molecule has 2 aliphatic heterocycles. The van der Waals surface area contributed by atoms with Crippen molar-refractivity contribution >= 4 is 5.57 Å². The van der Waals surface area contributed by atoms with Gasteiger partial charge in [0.1, 0.15) is 6.10 Å². The van der Waals surface area contributed by atoms with Crippen LogP contribution in [0.3, 0.4) is 0 Å². The lowest BCUT2D eigenvalue weighted by atomic mass is 10.0. The highest BCUT2D eigenvalue weighted by Gasteiger charge is 2.19. The largest absolute Gasteiger partial charge is 0.473 e. The van der Waals surface area contributed by atoms with Crippen LogP contribution in [0.5, 0.6) is 5.88 Å². The van der Waals surface area contributed by atoms with Crippen molar-refractivity contribution in [2.24, 2.45) is 0 Å². The van der Waals surface area contributed by atoms with E-state index in [1.54, 1.807) is 6.20 Å². The summed E-state index contributed by atoms with van der Waals surface area (Å²) in [6.07, 6.45) is 6.16. The molecule has 4 heteroatoms. The van der Waals surface area contributed by atoms with Gasteiger partial charge in [-0.05, 0) is 37.1 Å². The Morgan fingerprint density at radius 1 is 1.44 bits per heavy atom. The summed E-state index contributed by atoms with van der Waals surface area (Å²) in [5, 5.41) is 3.30. The Kier molecular flexibility index (Phi) is 3.57. The average Bonchev–Trinajstić information content (AvgIpc) is 2.93. The monoisotopic (exact) mass is 246 g/mol. The molecule has 2 aliphatic rings. The van der Waals surface area contributed by atoms with Gasteiger partial charge in [-0.1, -0.05) is 6.08 Å². The molecule has 1 N–H and O–H groups in total. The number of pyridine rings is 1. The lowest BCUT2D eigenvalue weighted by molar-refractivity contribution is 0.161. The van der Waals surface area contributed by atoms with Gasteiger partial charge in [-0.3, -0.25) is 0 Å². The highest BCUT2D eigenvalue weighted by Crippen LogP contribution is 2.28. The molecule has 1 atom stereocenters. The second kappa shape index (κ2) is 5.50. The van der Waals surface area contributed by atoms with Crippen LogP contribution in [0.1, 0.15) is 18.4 Å². The third kappa shape index (κ3) is 2.54. The SMILES string of the molecule is C1=C(c2cccnc2O[C@H]2CCNC2)CCOC1. The molecular formula is C14H18N2O2. The van der Waals surface area contributed by atoms with Crippen LogP contribution >= 0.6 is 0 Å². The smallest absolute Gasteiger partial charge is 0.221 e. The Morgan fingerprint density at radius 3 is 3.22 bits per heavy atom. The summed E-state index contributed by atoms with van der Waals surface area (Å²) in [5.74, 6) is 0.763. The van der Waals surface area contributed by atoms with E-state index >= 15 is 0 Å². The average molecular weight is 246 g/mol. The Bertz CT molecular complexity index is 439. The molecule has 0 radical (unpaired) electrons. The summed E-state index contributed by atoms with van der Waals surface area (Å²) in [7, 11) is 0. The van der Waals surface area contributed by atoms with Crippen molar-refractivity contribution in [3.8, 4) is 5.88 Å². The van der Waals surface area contributed by atoms with Crippen molar-refractivity contribution in [3.63, 3.8) is 0 Å². The second-order valence-corrected chi connectivity index (χ2v) is 4.64. The van der Waals surface area contributed by atoms with Gasteiger partial charge in [-0.2, -0.15) is 0 Å². The summed E-state index contributed by atoms with van der Waals surface area (Å²) in [6, 6.07) is 4.05. The van der Waals surface area contributed by atoms with Gasteiger partial charge in [0.15, 0.2) is 0 Å². The molecule has 0 saturated carbocycles. The topological polar surface area (TPSA) is 43.4 Å². The first-order valence-electron chi connectivity index (χ1n) is 6.53. The Morgan fingerprint density at radius 2 is 2.44 bits per heavy atom. The minimum absolute atomic E-state index is 0.249. The molecule has 4 nitrogen and oxygen atoms in total. The van der Waals surface area contributed by atoms with E-state index in [0.29, 0.717) is 6.61 Å². The maximum Gasteiger partial charge on any atom is 0.221 e. The number of aromatic nitrogens is 1. The summed E-state index contributed by atoms with van der Waals surface area (Å²) < 4.78 is 11.4. The molecule has 0 spiro atoms. The predicted octanol–water partition coefficient (Wildman–Crippen LogP) is 1.63. The number of nitrogens with zero attached hydrogens (tertiary/aromatic N) is 1. The summed E-state index contributed by atoms with van der Waals surface area (Å²) in [4.78, 5) is 4.39. The van der Waals surface area contributed by atoms with Crippen LogP contribution in [0.15, 0.2) is 24.4 Å². The first-order valence-corrected chi connectivity index (χ1v) is 6.53. The van der Waals surface area contributed by atoms with Crippen LogP contribution in [0.4, 0.5) is 0 Å². The van der Waals surface area contributed by atoms with Crippen LogP contribution in [-0.2, 0) is 4.74 Å². The fraction of sp³-hybridized carbons (Fsp3) is 0.500. The van der Waals surface area contributed by atoms with E-state index in [4.69, 9.17) is 9.47 Å². The van der Waals surface area contributed by atoms with Crippen molar-refractivity contribution in [3.05, 3.63) is 30.0 Å². The number of nitrogens with one attached hydrogen (secondary N) is 1. The number of rotatable bonds is 3. The third-order valence-corrected chi connectivity index (χ3v) is 3.37. The molecule has 3 rings (SSSR count). The molecular weight excluding hydrogens is 228 g/mol. The molecule has 0 bridgehead atoms. The molecule has 0 amide bonds. The normalized spacial score (nSPS) is 23.8. The van der Waals surface area contributed by atoms with Crippen LogP contribution in [0, 0.1) is 0 Å². The summed E-state index contributed by atoms with van der Waals surface area (Å²) in [6.45, 7) is 3.42. The van der Waals surface area contributed by atoms with Gasteiger partial charge in [0, 0.05) is 18.3 Å². The minimum Gasteiger partial charge on any atom is -0.473 e. The van der Waals surface area contributed by atoms with Crippen molar-refractivity contribution in [2.75, 3.05) is 26.3 Å². The number of hydrogen-bond acceptors (Lipinski definition) is 4. The molecule has 3 heterocycles. The molecule has 96 valence electrons. The Labute approximate surface area is 107 Å². The fourth-order valence-electron chi connectivity index (χ4n) is 2.39. The summed E-state index contributed by atoms with van der Waals surface area (Å²) >= 11 is 0. The van der Waals surface area contributed by atoms with Gasteiger partial charge in [0.25, 0.3) is 0 Å². The van der Waals surface area contributed by atoms with Gasteiger partial charge >= 0.3 is 0 Å². The Hall–Kier alpha value is -1.39. The highest BCUT2D eigenvalue weighted by molar-refractivity contribution is 5.69. The van der Waals surface area contributed by atoms with E-state index in [1.807, 2.05) is 6.07 Å². The highest BCUT2D eigenvalue weighted by atomic mass is 16.5. The lowest BCUT2D eigenvalue weighted by Crippen LogP contribution is -2.20. The van der Waals surface area contributed by atoms with E-state index in [2.05, 4.69) is 22.4 Å². The molecule has 1 aromatic rings. The van der Waals surface area contributed by atoms with E-state index in [0.717, 1.165) is 44.0 Å². The van der Waals surface area contributed by atoms with Crippen molar-refractivity contribution in [1.29, 1.82) is 0 Å². The summed E-state index contributed by atoms with van der Waals surface area (Å²) in [5.41, 5.74) is 2.41. The third-order valence-electron chi connectivity index (χ3n) is 3.37. The van der Waals surface area contributed by atoms with Crippen LogP contribution < -0.4 is 10.1 Å². The van der Waals surface area contributed by atoms with Gasteiger partial charge in [0.05, 0.1) is 13.2 Å². The van der Waals surface area contributed by atoms with E-state index in [9.17, 15) is 0 Å². The zero-order valence-electron chi connectivity index (χ0n) is 10.4. The minimum atomic E-state index is 0.249. The van der Waals surface area contributed by atoms with Gasteiger partial charge < -0.3 is 14.8 Å². The van der Waals surface area contributed by atoms with Crippen LogP contribution in [0.25, 0.3) is 5.57 Å². The number of ether oxygens (including phenoxy) is 2. The quantitative estimate of drug-likeness (QED) is 0.880. The van der Waals surface area contributed by atoms with Crippen molar-refractivity contribution < 1.29 is 9.47 Å². The van der Waals surface area contributed by atoms with Crippen molar-refractivity contribution in [1.82, 2.24) is 10.3 Å². The molecule has 18 heavy (non-hydrogen) atoms.